The van der Waals surface area contributed by atoms with Crippen molar-refractivity contribution in [2.24, 2.45) is 0 Å². The second-order valence-corrected chi connectivity index (χ2v) is 3.65. The fourth-order valence-corrected chi connectivity index (χ4v) is 0.599. The molecule has 1 N–H and O–H groups in total. The van der Waals surface area contributed by atoms with Crippen LogP contribution in [-0.4, -0.2) is 36.7 Å². The SMILES string of the molecule is CN(CC[NH-])C(=O)OC(C)(C)C.[V]. The number of hydrogen-bond acceptors (Lipinski definition) is 2. The molecule has 0 spiro atoms. The summed E-state index contributed by atoms with van der Waals surface area (Å²) in [6, 6.07) is 0. The van der Waals surface area contributed by atoms with Gasteiger partial charge in [-0.2, -0.15) is 0 Å². The van der Waals surface area contributed by atoms with Crippen LogP contribution < -0.4 is 0 Å². The van der Waals surface area contributed by atoms with Gasteiger partial charge in [-0.05, 0) is 20.8 Å². The first-order valence-corrected chi connectivity index (χ1v) is 3.95. The fourth-order valence-electron chi connectivity index (χ4n) is 0.599. The molecule has 13 heavy (non-hydrogen) atoms. The minimum atomic E-state index is -0.451. The van der Waals surface area contributed by atoms with E-state index < -0.39 is 5.60 Å². The Kier molecular flexibility index (Phi) is 7.41. The second-order valence-electron chi connectivity index (χ2n) is 3.65. The number of rotatable bonds is 2. The first-order valence-electron chi connectivity index (χ1n) is 3.95. The molecule has 4 nitrogen and oxygen atoms in total. The van der Waals surface area contributed by atoms with Gasteiger partial charge in [0.2, 0.25) is 0 Å². The molecule has 0 fully saturated rings. The minimum Gasteiger partial charge on any atom is -0.676 e. The zero-order valence-electron chi connectivity index (χ0n) is 8.63. The summed E-state index contributed by atoms with van der Waals surface area (Å²) in [5.74, 6) is 0. The van der Waals surface area contributed by atoms with Gasteiger partial charge < -0.3 is 15.4 Å². The standard InChI is InChI=1S/C8H17N2O2.V/c1-8(2,3)12-7(11)10(4)6-5-9;/h9H,5-6H2,1-4H3;/q-1;. The monoisotopic (exact) mass is 224 g/mol. The van der Waals surface area contributed by atoms with Crippen molar-refractivity contribution in [2.45, 2.75) is 26.4 Å². The number of carbonyl (C=O) groups excluding carboxylic acids is 1. The van der Waals surface area contributed by atoms with Gasteiger partial charge in [0.05, 0.1) is 0 Å². The first kappa shape index (κ1) is 15.3. The predicted octanol–water partition coefficient (Wildman–Crippen LogP) is 1.90. The zero-order chi connectivity index (χ0) is 9.78. The Bertz CT molecular complexity index is 157. The van der Waals surface area contributed by atoms with Crippen molar-refractivity contribution in [2.75, 3.05) is 20.1 Å². The zero-order valence-corrected chi connectivity index (χ0v) is 10.0. The van der Waals surface area contributed by atoms with Crippen molar-refractivity contribution in [1.82, 2.24) is 4.90 Å². The van der Waals surface area contributed by atoms with Crippen LogP contribution >= 0.6 is 0 Å². The Morgan fingerprint density at radius 3 is 2.23 bits per heavy atom. The van der Waals surface area contributed by atoms with Crippen molar-refractivity contribution in [3.05, 3.63) is 5.73 Å². The summed E-state index contributed by atoms with van der Waals surface area (Å²) in [7, 11) is 1.63. The van der Waals surface area contributed by atoms with Gasteiger partial charge in [-0.25, -0.2) is 4.79 Å². The molecule has 0 heterocycles. The molecule has 0 aliphatic carbocycles. The topological polar surface area (TPSA) is 53.3 Å². The third-order valence-corrected chi connectivity index (χ3v) is 1.15. The van der Waals surface area contributed by atoms with E-state index in [1.165, 1.54) is 4.90 Å². The van der Waals surface area contributed by atoms with Crippen molar-refractivity contribution in [3.8, 4) is 0 Å². The molecule has 0 aliphatic rings. The molecule has 0 rings (SSSR count). The summed E-state index contributed by atoms with van der Waals surface area (Å²) in [6.07, 6.45) is -0.366. The summed E-state index contributed by atoms with van der Waals surface area (Å²) in [5, 5.41) is 0. The largest absolute Gasteiger partial charge is 0.676 e. The minimum absolute atomic E-state index is 0. The van der Waals surface area contributed by atoms with Crippen LogP contribution in [0.3, 0.4) is 0 Å². The van der Waals surface area contributed by atoms with Crippen molar-refractivity contribution < 1.29 is 28.1 Å². The van der Waals surface area contributed by atoms with Crippen LogP contribution in [0.5, 0.6) is 0 Å². The quantitative estimate of drug-likeness (QED) is 0.719. The molecule has 0 unspecified atom stereocenters. The van der Waals surface area contributed by atoms with E-state index in [2.05, 4.69) is 0 Å². The Morgan fingerprint density at radius 2 is 1.92 bits per heavy atom. The molecule has 0 aromatic heterocycles. The Morgan fingerprint density at radius 1 is 1.46 bits per heavy atom. The fraction of sp³-hybridized carbons (Fsp3) is 0.875. The third kappa shape index (κ3) is 8.15. The van der Waals surface area contributed by atoms with Crippen molar-refractivity contribution in [1.29, 1.82) is 0 Å². The second kappa shape index (κ2) is 6.30. The van der Waals surface area contributed by atoms with Crippen LogP contribution in [0.25, 0.3) is 5.73 Å². The first-order chi connectivity index (χ1) is 5.37. The molecule has 0 atom stereocenters. The van der Waals surface area contributed by atoms with E-state index in [9.17, 15) is 4.79 Å². The molecule has 1 amide bonds. The average Bonchev–Trinajstić information content (AvgIpc) is 1.84. The van der Waals surface area contributed by atoms with E-state index in [0.29, 0.717) is 6.54 Å². The number of amides is 1. The van der Waals surface area contributed by atoms with Gasteiger partial charge in [0.1, 0.15) is 5.60 Å². The third-order valence-electron chi connectivity index (χ3n) is 1.15. The number of likely N-dealkylation sites (N-methyl/N-ethyl adjacent to an activating group) is 1. The van der Waals surface area contributed by atoms with Gasteiger partial charge in [-0.1, -0.05) is 0 Å². The van der Waals surface area contributed by atoms with Gasteiger partial charge in [-0.3, -0.25) is 0 Å². The van der Waals surface area contributed by atoms with Gasteiger partial charge in [-0.15, -0.1) is 6.54 Å². The maximum absolute atomic E-state index is 11.2. The summed E-state index contributed by atoms with van der Waals surface area (Å²) in [6.45, 7) is 6.07. The smallest absolute Gasteiger partial charge is 0.409 e. The number of nitrogens with zero attached hydrogens (tertiary/aromatic N) is 1. The van der Waals surface area contributed by atoms with Crippen molar-refractivity contribution >= 4 is 6.09 Å². The Balaban J connectivity index is 0. The van der Waals surface area contributed by atoms with E-state index in [1.54, 1.807) is 7.05 Å². The summed E-state index contributed by atoms with van der Waals surface area (Å²) in [4.78, 5) is 12.6. The average molecular weight is 224 g/mol. The number of nitrogens with one attached hydrogen (secondary N) is 1. The Labute approximate surface area is 91.7 Å². The van der Waals surface area contributed by atoms with Crippen molar-refractivity contribution in [3.63, 3.8) is 0 Å². The molecule has 1 radical (unpaired) electrons. The maximum atomic E-state index is 11.2. The van der Waals surface area contributed by atoms with E-state index in [1.807, 2.05) is 20.8 Å². The van der Waals surface area contributed by atoms with Crippen LogP contribution in [0.2, 0.25) is 0 Å². The molecule has 0 saturated carbocycles. The number of hydrogen-bond donors (Lipinski definition) is 0. The molecular weight excluding hydrogens is 207 g/mol. The number of ether oxygens (including phenoxy) is 1. The van der Waals surface area contributed by atoms with Crippen LogP contribution in [0, 0.1) is 0 Å². The molecule has 0 aliphatic heterocycles. The molecule has 0 aromatic carbocycles. The summed E-state index contributed by atoms with van der Waals surface area (Å²) < 4.78 is 5.06. The molecule has 0 bridgehead atoms. The van der Waals surface area contributed by atoms with Gasteiger partial charge >= 0.3 is 6.09 Å². The molecular formula is C8H17N2O2V-. The van der Waals surface area contributed by atoms with Crippen LogP contribution in [-0.2, 0) is 23.3 Å². The van der Waals surface area contributed by atoms with Gasteiger partial charge in [0, 0.05) is 32.1 Å². The van der Waals surface area contributed by atoms with Gasteiger partial charge in [0.25, 0.3) is 0 Å². The molecule has 0 aromatic rings. The van der Waals surface area contributed by atoms with Crippen LogP contribution in [0.15, 0.2) is 0 Å². The van der Waals surface area contributed by atoms with Crippen LogP contribution in [0.4, 0.5) is 4.79 Å². The van der Waals surface area contributed by atoms with E-state index in [0.717, 1.165) is 0 Å². The van der Waals surface area contributed by atoms with E-state index in [4.69, 9.17) is 10.5 Å². The predicted molar refractivity (Wildman–Crippen MR) is 48.1 cm³/mol. The molecule has 77 valence electrons. The van der Waals surface area contributed by atoms with Gasteiger partial charge in [0.15, 0.2) is 0 Å². The summed E-state index contributed by atoms with van der Waals surface area (Å²) >= 11 is 0. The van der Waals surface area contributed by atoms with E-state index in [-0.39, 0.29) is 31.2 Å². The molecule has 5 heteroatoms. The molecule has 0 saturated heterocycles. The summed E-state index contributed by atoms with van der Waals surface area (Å²) in [5.41, 5.74) is 6.46. The number of carbonyl (C=O) groups is 1. The normalized spacial score (nSPS) is 10.2. The van der Waals surface area contributed by atoms with E-state index >= 15 is 0 Å². The van der Waals surface area contributed by atoms with Crippen LogP contribution in [0.1, 0.15) is 20.8 Å². The Hall–Kier alpha value is -0.186. The maximum Gasteiger partial charge on any atom is 0.409 e.